The molecule has 6 nitrogen and oxygen atoms in total. The van der Waals surface area contributed by atoms with Gasteiger partial charge in [-0.15, -0.1) is 0 Å². The molecule has 0 amide bonds. The summed E-state index contributed by atoms with van der Waals surface area (Å²) >= 11 is 0. The normalized spacial score (nSPS) is 9.60. The summed E-state index contributed by atoms with van der Waals surface area (Å²) in [6.07, 6.45) is 2.39. The average molecular weight is 214 g/mol. The smallest absolute Gasteiger partial charge is 0.331 e. The molecule has 0 aromatic carbocycles. The maximum atomic E-state index is 10.7. The molecule has 0 aromatic rings. The number of hydrogen-bond donors (Lipinski definition) is 1. The van der Waals surface area contributed by atoms with Gasteiger partial charge in [0.05, 0.1) is 0 Å². The third-order valence-corrected chi connectivity index (χ3v) is 1.10. The molecule has 0 saturated heterocycles. The molecule has 0 bridgehead atoms. The zero-order valence-corrected chi connectivity index (χ0v) is 7.84. The molecule has 0 aliphatic heterocycles. The molecule has 0 aliphatic carbocycles. The zero-order valence-electron chi connectivity index (χ0n) is 7.84. The van der Waals surface area contributed by atoms with Crippen LogP contribution in [0, 0.1) is 0 Å². The Hall–Kier alpha value is -2.11. The van der Waals surface area contributed by atoms with E-state index < -0.39 is 17.9 Å². The standard InChI is InChI=1S/C9H10O6/c1-2-8(12)14-5-6-15-9(13)4-3-7(10)11/h2-4H,1,5-6H2,(H,10,11)/b4-3-. The first kappa shape index (κ1) is 12.9. The summed E-state index contributed by atoms with van der Waals surface area (Å²) in [5.41, 5.74) is 0. The van der Waals surface area contributed by atoms with Crippen molar-refractivity contribution < 1.29 is 29.0 Å². The van der Waals surface area contributed by atoms with E-state index in [0.29, 0.717) is 6.08 Å². The summed E-state index contributed by atoms with van der Waals surface area (Å²) in [6.45, 7) is 2.93. The minimum absolute atomic E-state index is 0.0997. The highest BCUT2D eigenvalue weighted by Gasteiger charge is 1.99. The van der Waals surface area contributed by atoms with Gasteiger partial charge in [0.25, 0.3) is 0 Å². The molecule has 15 heavy (non-hydrogen) atoms. The predicted octanol–water partition coefficient (Wildman–Crippen LogP) is -0.100. The second-order valence-electron chi connectivity index (χ2n) is 2.21. The minimum Gasteiger partial charge on any atom is -0.478 e. The van der Waals surface area contributed by atoms with Gasteiger partial charge in [-0.25, -0.2) is 14.4 Å². The van der Waals surface area contributed by atoms with E-state index in [1.54, 1.807) is 0 Å². The summed E-state index contributed by atoms with van der Waals surface area (Å²) in [4.78, 5) is 31.2. The number of aliphatic carboxylic acids is 1. The lowest BCUT2D eigenvalue weighted by Gasteiger charge is -2.01. The van der Waals surface area contributed by atoms with Crippen molar-refractivity contribution in [3.63, 3.8) is 0 Å². The summed E-state index contributed by atoms with van der Waals surface area (Å²) in [5.74, 6) is -2.68. The molecule has 0 saturated carbocycles. The number of carboxylic acid groups (broad SMARTS) is 1. The molecular formula is C9H10O6. The van der Waals surface area contributed by atoms with Gasteiger partial charge in [0.1, 0.15) is 13.2 Å². The van der Waals surface area contributed by atoms with E-state index in [1.165, 1.54) is 0 Å². The summed E-state index contributed by atoms with van der Waals surface area (Å²) < 4.78 is 8.98. The van der Waals surface area contributed by atoms with Crippen LogP contribution >= 0.6 is 0 Å². The highest BCUT2D eigenvalue weighted by atomic mass is 16.6. The molecule has 0 heterocycles. The second-order valence-corrected chi connectivity index (χ2v) is 2.21. The lowest BCUT2D eigenvalue weighted by atomic mass is 10.5. The minimum atomic E-state index is -1.25. The van der Waals surface area contributed by atoms with Crippen molar-refractivity contribution in [2.75, 3.05) is 13.2 Å². The van der Waals surface area contributed by atoms with Crippen LogP contribution in [-0.2, 0) is 23.9 Å². The Balaban J connectivity index is 3.60. The quantitative estimate of drug-likeness (QED) is 0.377. The van der Waals surface area contributed by atoms with Crippen molar-refractivity contribution >= 4 is 17.9 Å². The summed E-state index contributed by atoms with van der Waals surface area (Å²) in [5, 5.41) is 8.16. The summed E-state index contributed by atoms with van der Waals surface area (Å²) in [6, 6.07) is 0. The Kier molecular flexibility index (Phi) is 6.28. The van der Waals surface area contributed by atoms with Crippen LogP contribution in [0.25, 0.3) is 0 Å². The van der Waals surface area contributed by atoms with Gasteiger partial charge in [-0.05, 0) is 0 Å². The molecule has 0 rings (SSSR count). The van der Waals surface area contributed by atoms with E-state index in [4.69, 9.17) is 5.11 Å². The Labute approximate surface area is 85.8 Å². The molecule has 1 N–H and O–H groups in total. The highest BCUT2D eigenvalue weighted by molar-refractivity contribution is 5.90. The Bertz CT molecular complexity index is 291. The van der Waals surface area contributed by atoms with Gasteiger partial charge in [-0.2, -0.15) is 0 Å². The fraction of sp³-hybridized carbons (Fsp3) is 0.222. The van der Waals surface area contributed by atoms with Gasteiger partial charge in [-0.1, -0.05) is 6.58 Å². The van der Waals surface area contributed by atoms with Crippen LogP contribution in [0.1, 0.15) is 0 Å². The van der Waals surface area contributed by atoms with Crippen LogP contribution in [0.4, 0.5) is 0 Å². The van der Waals surface area contributed by atoms with Crippen LogP contribution in [0.5, 0.6) is 0 Å². The number of hydrogen-bond acceptors (Lipinski definition) is 5. The van der Waals surface area contributed by atoms with E-state index in [0.717, 1.165) is 12.2 Å². The Morgan fingerprint density at radius 1 is 1.07 bits per heavy atom. The van der Waals surface area contributed by atoms with Crippen molar-refractivity contribution in [1.29, 1.82) is 0 Å². The monoisotopic (exact) mass is 214 g/mol. The third-order valence-electron chi connectivity index (χ3n) is 1.10. The first-order chi connectivity index (χ1) is 7.06. The molecule has 0 unspecified atom stereocenters. The Morgan fingerprint density at radius 2 is 1.60 bits per heavy atom. The fourth-order valence-corrected chi connectivity index (χ4v) is 0.531. The second kappa shape index (κ2) is 7.31. The summed E-state index contributed by atoms with van der Waals surface area (Å²) in [7, 11) is 0. The Morgan fingerprint density at radius 3 is 2.07 bits per heavy atom. The first-order valence-electron chi connectivity index (χ1n) is 3.93. The predicted molar refractivity (Wildman–Crippen MR) is 48.9 cm³/mol. The third kappa shape index (κ3) is 8.23. The van der Waals surface area contributed by atoms with Gasteiger partial charge < -0.3 is 14.6 Å². The molecule has 6 heteroatoms. The van der Waals surface area contributed by atoms with Gasteiger partial charge in [-0.3, -0.25) is 0 Å². The fourth-order valence-electron chi connectivity index (χ4n) is 0.531. The van der Waals surface area contributed by atoms with E-state index >= 15 is 0 Å². The first-order valence-corrected chi connectivity index (χ1v) is 3.93. The molecule has 0 fully saturated rings. The van der Waals surface area contributed by atoms with Gasteiger partial charge in [0.15, 0.2) is 0 Å². The van der Waals surface area contributed by atoms with Crippen LogP contribution in [0.15, 0.2) is 24.8 Å². The van der Waals surface area contributed by atoms with E-state index in [1.807, 2.05) is 0 Å². The van der Waals surface area contributed by atoms with Crippen molar-refractivity contribution in [1.82, 2.24) is 0 Å². The largest absolute Gasteiger partial charge is 0.478 e. The van der Waals surface area contributed by atoms with Gasteiger partial charge >= 0.3 is 17.9 Å². The van der Waals surface area contributed by atoms with Gasteiger partial charge in [0, 0.05) is 18.2 Å². The number of esters is 2. The molecule has 82 valence electrons. The van der Waals surface area contributed by atoms with Crippen molar-refractivity contribution in [2.24, 2.45) is 0 Å². The molecular weight excluding hydrogens is 204 g/mol. The average Bonchev–Trinajstić information content (AvgIpc) is 2.21. The van der Waals surface area contributed by atoms with Crippen molar-refractivity contribution in [2.45, 2.75) is 0 Å². The van der Waals surface area contributed by atoms with E-state index in [2.05, 4.69) is 16.1 Å². The lowest BCUT2D eigenvalue weighted by Crippen LogP contribution is -2.11. The lowest BCUT2D eigenvalue weighted by molar-refractivity contribution is -0.146. The molecule has 0 spiro atoms. The van der Waals surface area contributed by atoms with Crippen LogP contribution in [0.3, 0.4) is 0 Å². The highest BCUT2D eigenvalue weighted by Crippen LogP contribution is 1.85. The maximum absolute atomic E-state index is 10.7. The van der Waals surface area contributed by atoms with Crippen LogP contribution in [0.2, 0.25) is 0 Å². The SMILES string of the molecule is C=CC(=O)OCCOC(=O)/C=C\C(=O)O. The number of carbonyl (C=O) groups is 3. The van der Waals surface area contributed by atoms with Crippen LogP contribution in [-0.4, -0.2) is 36.2 Å². The molecule has 0 radical (unpaired) electrons. The topological polar surface area (TPSA) is 89.9 Å². The van der Waals surface area contributed by atoms with Crippen molar-refractivity contribution in [3.05, 3.63) is 24.8 Å². The number of carboxylic acids is 1. The number of ether oxygens (including phenoxy) is 2. The number of carbonyl (C=O) groups excluding carboxylic acids is 2. The van der Waals surface area contributed by atoms with Crippen LogP contribution < -0.4 is 0 Å². The zero-order chi connectivity index (χ0) is 11.7. The molecule has 0 aromatic heterocycles. The van der Waals surface area contributed by atoms with E-state index in [9.17, 15) is 14.4 Å². The molecule has 0 atom stereocenters. The molecule has 0 aliphatic rings. The van der Waals surface area contributed by atoms with E-state index in [-0.39, 0.29) is 13.2 Å². The van der Waals surface area contributed by atoms with Gasteiger partial charge in [0.2, 0.25) is 0 Å². The maximum Gasteiger partial charge on any atom is 0.331 e. The number of rotatable bonds is 6. The van der Waals surface area contributed by atoms with Crippen molar-refractivity contribution in [3.8, 4) is 0 Å².